The third-order valence-electron chi connectivity index (χ3n) is 4.59. The Kier molecular flexibility index (Phi) is 5.95. The third kappa shape index (κ3) is 4.39. The molecule has 1 aliphatic heterocycles. The summed E-state index contributed by atoms with van der Waals surface area (Å²) < 4.78 is 15.6. The van der Waals surface area contributed by atoms with Crippen molar-refractivity contribution in [1.29, 1.82) is 0 Å². The highest BCUT2D eigenvalue weighted by atomic mass is 16.5. The molecule has 2 aromatic rings. The number of nitrogens with zero attached hydrogens (tertiary/aromatic N) is 4. The molecule has 1 aromatic carbocycles. The molecular weight excluding hydrogens is 348 g/mol. The van der Waals surface area contributed by atoms with Crippen LogP contribution in [0.5, 0.6) is 17.4 Å². The number of piperazine rings is 1. The van der Waals surface area contributed by atoms with Gasteiger partial charge in [0.2, 0.25) is 11.8 Å². The minimum absolute atomic E-state index is 0.0997. The lowest BCUT2D eigenvalue weighted by Crippen LogP contribution is -2.49. The van der Waals surface area contributed by atoms with Gasteiger partial charge in [0, 0.05) is 32.2 Å². The van der Waals surface area contributed by atoms with Gasteiger partial charge in [0.05, 0.1) is 27.8 Å². The smallest absolute Gasteiger partial charge is 0.233 e. The van der Waals surface area contributed by atoms with E-state index in [1.807, 2.05) is 29.2 Å². The van der Waals surface area contributed by atoms with Crippen LogP contribution in [0.4, 0.5) is 5.82 Å². The van der Waals surface area contributed by atoms with E-state index in [2.05, 4.69) is 15.1 Å². The summed E-state index contributed by atoms with van der Waals surface area (Å²) in [5.41, 5.74) is 0.904. The monoisotopic (exact) mass is 372 g/mol. The van der Waals surface area contributed by atoms with Gasteiger partial charge >= 0.3 is 0 Å². The van der Waals surface area contributed by atoms with E-state index in [1.165, 1.54) is 0 Å². The number of aromatic nitrogens is 2. The highest BCUT2D eigenvalue weighted by molar-refractivity contribution is 5.79. The number of anilines is 1. The van der Waals surface area contributed by atoms with Gasteiger partial charge in [0.25, 0.3) is 0 Å². The summed E-state index contributed by atoms with van der Waals surface area (Å²) in [7, 11) is 4.74. The second-order valence-corrected chi connectivity index (χ2v) is 6.17. The Labute approximate surface area is 158 Å². The second kappa shape index (κ2) is 8.57. The van der Waals surface area contributed by atoms with Crippen LogP contribution in [0.25, 0.3) is 0 Å². The molecule has 0 spiro atoms. The van der Waals surface area contributed by atoms with Crippen molar-refractivity contribution >= 4 is 11.7 Å². The van der Waals surface area contributed by atoms with E-state index < -0.39 is 0 Å². The van der Waals surface area contributed by atoms with Crippen molar-refractivity contribution in [3.05, 3.63) is 35.9 Å². The number of hydrogen-bond acceptors (Lipinski definition) is 7. The maximum Gasteiger partial charge on any atom is 0.233 e. The van der Waals surface area contributed by atoms with Crippen molar-refractivity contribution in [1.82, 2.24) is 15.1 Å². The predicted octanol–water partition coefficient (Wildman–Crippen LogP) is 1.39. The standard InChI is InChI=1S/C19H24N4O4/c1-25-15-5-4-14(12-16(15)26-2)13-19(24)23-10-8-22(9-11-23)17-6-7-18(27-3)21-20-17/h4-7,12H,8-11,13H2,1-3H3. The van der Waals surface area contributed by atoms with Crippen LogP contribution in [0.3, 0.4) is 0 Å². The van der Waals surface area contributed by atoms with Crippen LogP contribution in [-0.4, -0.2) is 68.5 Å². The largest absolute Gasteiger partial charge is 0.493 e. The minimum atomic E-state index is 0.0997. The molecule has 1 aromatic heterocycles. The van der Waals surface area contributed by atoms with Crippen molar-refractivity contribution in [2.75, 3.05) is 52.4 Å². The lowest BCUT2D eigenvalue weighted by Gasteiger charge is -2.35. The molecule has 0 unspecified atom stereocenters. The number of carbonyl (C=O) groups excluding carboxylic acids is 1. The van der Waals surface area contributed by atoms with E-state index >= 15 is 0 Å². The summed E-state index contributed by atoms with van der Waals surface area (Å²) in [5.74, 6) is 2.67. The second-order valence-electron chi connectivity index (χ2n) is 6.17. The average Bonchev–Trinajstić information content (AvgIpc) is 2.73. The lowest BCUT2D eigenvalue weighted by molar-refractivity contribution is -0.130. The molecule has 0 atom stereocenters. The van der Waals surface area contributed by atoms with Gasteiger partial charge in [-0.05, 0) is 23.8 Å². The van der Waals surface area contributed by atoms with Gasteiger partial charge < -0.3 is 24.0 Å². The van der Waals surface area contributed by atoms with E-state index in [1.54, 1.807) is 27.4 Å². The molecule has 3 rings (SSSR count). The zero-order valence-corrected chi connectivity index (χ0v) is 15.8. The van der Waals surface area contributed by atoms with Gasteiger partial charge in [-0.3, -0.25) is 4.79 Å². The van der Waals surface area contributed by atoms with Gasteiger partial charge in [-0.1, -0.05) is 6.07 Å². The number of amides is 1. The molecule has 0 bridgehead atoms. The van der Waals surface area contributed by atoms with E-state index in [-0.39, 0.29) is 5.91 Å². The predicted molar refractivity (Wildman–Crippen MR) is 101 cm³/mol. The molecule has 144 valence electrons. The minimum Gasteiger partial charge on any atom is -0.493 e. The molecular formula is C19H24N4O4. The number of ether oxygens (including phenoxy) is 3. The number of benzene rings is 1. The van der Waals surface area contributed by atoms with Crippen molar-refractivity contribution in [2.45, 2.75) is 6.42 Å². The van der Waals surface area contributed by atoms with Crippen LogP contribution in [0.1, 0.15) is 5.56 Å². The lowest BCUT2D eigenvalue weighted by atomic mass is 10.1. The first kappa shape index (κ1) is 18.8. The van der Waals surface area contributed by atoms with E-state index in [9.17, 15) is 4.79 Å². The van der Waals surface area contributed by atoms with Crippen LogP contribution in [0.15, 0.2) is 30.3 Å². The molecule has 0 N–H and O–H groups in total. The van der Waals surface area contributed by atoms with Crippen molar-refractivity contribution in [2.24, 2.45) is 0 Å². The summed E-state index contributed by atoms with van der Waals surface area (Å²) in [6.45, 7) is 2.75. The van der Waals surface area contributed by atoms with E-state index in [0.717, 1.165) is 24.5 Å². The highest BCUT2D eigenvalue weighted by Crippen LogP contribution is 2.28. The molecule has 8 heteroatoms. The fourth-order valence-electron chi connectivity index (χ4n) is 3.05. The fraction of sp³-hybridized carbons (Fsp3) is 0.421. The SMILES string of the molecule is COc1ccc(N2CCN(C(=O)Cc3ccc(OC)c(OC)c3)CC2)nn1. The Morgan fingerprint density at radius 1 is 0.926 bits per heavy atom. The van der Waals surface area contributed by atoms with E-state index in [4.69, 9.17) is 14.2 Å². The molecule has 1 aliphatic rings. The normalized spacial score (nSPS) is 14.0. The van der Waals surface area contributed by atoms with Crippen molar-refractivity contribution in [3.8, 4) is 17.4 Å². The number of hydrogen-bond donors (Lipinski definition) is 0. The molecule has 2 heterocycles. The molecule has 8 nitrogen and oxygen atoms in total. The Morgan fingerprint density at radius 3 is 2.26 bits per heavy atom. The van der Waals surface area contributed by atoms with Crippen LogP contribution >= 0.6 is 0 Å². The first-order valence-corrected chi connectivity index (χ1v) is 8.76. The molecule has 27 heavy (non-hydrogen) atoms. The maximum absolute atomic E-state index is 12.6. The van der Waals surface area contributed by atoms with Gasteiger partial charge in [-0.25, -0.2) is 0 Å². The maximum atomic E-state index is 12.6. The summed E-state index contributed by atoms with van der Waals surface area (Å²) >= 11 is 0. The zero-order valence-electron chi connectivity index (χ0n) is 15.8. The molecule has 1 saturated heterocycles. The Bertz CT molecular complexity index is 774. The van der Waals surface area contributed by atoms with Gasteiger partial charge in [0.1, 0.15) is 0 Å². The van der Waals surface area contributed by atoms with Crippen LogP contribution in [0, 0.1) is 0 Å². The van der Waals surface area contributed by atoms with Crippen molar-refractivity contribution in [3.63, 3.8) is 0 Å². The average molecular weight is 372 g/mol. The van der Waals surface area contributed by atoms with Gasteiger partial charge in [-0.15, -0.1) is 10.2 Å². The topological polar surface area (TPSA) is 77.0 Å². The number of rotatable bonds is 6. The fourth-order valence-corrected chi connectivity index (χ4v) is 3.05. The summed E-state index contributed by atoms with van der Waals surface area (Å²) in [5, 5.41) is 8.16. The van der Waals surface area contributed by atoms with E-state index in [0.29, 0.717) is 36.9 Å². The molecule has 0 saturated carbocycles. The Hall–Kier alpha value is -3.03. The number of methoxy groups -OCH3 is 3. The quantitative estimate of drug-likeness (QED) is 0.758. The first-order valence-electron chi connectivity index (χ1n) is 8.76. The molecule has 1 fully saturated rings. The summed E-state index contributed by atoms with van der Waals surface area (Å²) in [6.07, 6.45) is 0.336. The third-order valence-corrected chi connectivity index (χ3v) is 4.59. The van der Waals surface area contributed by atoms with Crippen LogP contribution in [-0.2, 0) is 11.2 Å². The summed E-state index contributed by atoms with van der Waals surface area (Å²) in [4.78, 5) is 16.6. The van der Waals surface area contributed by atoms with Crippen molar-refractivity contribution < 1.29 is 19.0 Å². The van der Waals surface area contributed by atoms with Crippen LogP contribution in [0.2, 0.25) is 0 Å². The van der Waals surface area contributed by atoms with Crippen LogP contribution < -0.4 is 19.1 Å². The molecule has 1 amide bonds. The highest BCUT2D eigenvalue weighted by Gasteiger charge is 2.22. The summed E-state index contributed by atoms with van der Waals surface area (Å²) in [6, 6.07) is 9.23. The Morgan fingerprint density at radius 2 is 1.67 bits per heavy atom. The van der Waals surface area contributed by atoms with Gasteiger partial charge in [-0.2, -0.15) is 0 Å². The first-order chi connectivity index (χ1) is 13.1. The zero-order chi connectivity index (χ0) is 19.2. The van der Waals surface area contributed by atoms with Gasteiger partial charge in [0.15, 0.2) is 17.3 Å². The Balaban J connectivity index is 1.56. The molecule has 0 aliphatic carbocycles. The molecule has 0 radical (unpaired) electrons. The number of carbonyl (C=O) groups is 1.